The molecule has 0 radical (unpaired) electrons. The zero-order valence-electron chi connectivity index (χ0n) is 14.8. The minimum absolute atomic E-state index is 0.191. The molecule has 1 N–H and O–H groups in total. The molecule has 5 nitrogen and oxygen atoms in total. The molecule has 2 heterocycles. The number of oxazole rings is 1. The van der Waals surface area contributed by atoms with E-state index in [1.807, 2.05) is 38.1 Å². The normalized spacial score (nSPS) is 10.9. The van der Waals surface area contributed by atoms with Crippen molar-refractivity contribution in [2.75, 3.05) is 5.32 Å². The number of benzene rings is 2. The monoisotopic (exact) mass is 377 g/mol. The summed E-state index contributed by atoms with van der Waals surface area (Å²) in [7, 11) is 0. The van der Waals surface area contributed by atoms with Crippen molar-refractivity contribution >= 4 is 34.4 Å². The van der Waals surface area contributed by atoms with Crippen LogP contribution >= 0.6 is 11.6 Å². The molecule has 0 unspecified atom stereocenters. The predicted molar refractivity (Wildman–Crippen MR) is 106 cm³/mol. The Hall–Kier alpha value is -3.18. The summed E-state index contributed by atoms with van der Waals surface area (Å²) >= 11 is 5.97. The Morgan fingerprint density at radius 2 is 1.93 bits per heavy atom. The Morgan fingerprint density at radius 3 is 2.70 bits per heavy atom. The molecule has 2 aromatic heterocycles. The van der Waals surface area contributed by atoms with Crippen LogP contribution in [0.1, 0.15) is 21.5 Å². The lowest BCUT2D eigenvalue weighted by Crippen LogP contribution is -2.14. The number of fused-ring (bicyclic) bond motifs is 1. The first-order valence-corrected chi connectivity index (χ1v) is 8.79. The Labute approximate surface area is 161 Å². The summed E-state index contributed by atoms with van der Waals surface area (Å²) in [5, 5.41) is 3.57. The summed E-state index contributed by atoms with van der Waals surface area (Å²) in [6.45, 7) is 3.79. The van der Waals surface area contributed by atoms with Gasteiger partial charge in [0.25, 0.3) is 5.91 Å². The van der Waals surface area contributed by atoms with Gasteiger partial charge in [0.05, 0.1) is 0 Å². The molecule has 4 aromatic rings. The lowest BCUT2D eigenvalue weighted by atomic mass is 10.1. The zero-order chi connectivity index (χ0) is 19.0. The van der Waals surface area contributed by atoms with E-state index in [1.165, 1.54) is 0 Å². The van der Waals surface area contributed by atoms with Crippen molar-refractivity contribution in [3.05, 3.63) is 76.4 Å². The third kappa shape index (κ3) is 3.41. The van der Waals surface area contributed by atoms with Gasteiger partial charge in [-0.3, -0.25) is 4.79 Å². The van der Waals surface area contributed by atoms with Crippen LogP contribution in [-0.4, -0.2) is 15.9 Å². The van der Waals surface area contributed by atoms with E-state index in [0.29, 0.717) is 33.4 Å². The van der Waals surface area contributed by atoms with Gasteiger partial charge in [0.2, 0.25) is 5.89 Å². The third-order valence-corrected chi connectivity index (χ3v) is 4.57. The van der Waals surface area contributed by atoms with E-state index >= 15 is 0 Å². The molecule has 0 aliphatic carbocycles. The van der Waals surface area contributed by atoms with E-state index in [-0.39, 0.29) is 5.91 Å². The Bertz CT molecular complexity index is 1130. The van der Waals surface area contributed by atoms with Crippen molar-refractivity contribution in [1.29, 1.82) is 0 Å². The van der Waals surface area contributed by atoms with Gasteiger partial charge in [-0.1, -0.05) is 17.7 Å². The molecule has 0 aliphatic rings. The number of aryl methyl sites for hydroxylation is 2. The van der Waals surface area contributed by atoms with Gasteiger partial charge < -0.3 is 9.73 Å². The van der Waals surface area contributed by atoms with E-state index in [1.54, 1.807) is 30.5 Å². The van der Waals surface area contributed by atoms with Gasteiger partial charge in [-0.2, -0.15) is 4.98 Å². The number of rotatable bonds is 3. The number of nitrogens with zero attached hydrogens (tertiary/aromatic N) is 2. The number of carbonyl (C=O) groups is 1. The molecule has 27 heavy (non-hydrogen) atoms. The fourth-order valence-corrected chi connectivity index (χ4v) is 3.08. The summed E-state index contributed by atoms with van der Waals surface area (Å²) < 4.78 is 5.77. The molecular weight excluding hydrogens is 362 g/mol. The molecule has 0 fully saturated rings. The largest absolute Gasteiger partial charge is 0.434 e. The fourth-order valence-electron chi connectivity index (χ4n) is 2.85. The third-order valence-electron chi connectivity index (χ3n) is 4.33. The molecule has 6 heteroatoms. The topological polar surface area (TPSA) is 68.0 Å². The second-order valence-corrected chi connectivity index (χ2v) is 6.72. The molecular formula is C21H16ClN3O2. The zero-order valence-corrected chi connectivity index (χ0v) is 15.5. The van der Waals surface area contributed by atoms with Crippen LogP contribution in [0.3, 0.4) is 0 Å². The molecule has 4 rings (SSSR count). The quantitative estimate of drug-likeness (QED) is 0.518. The highest BCUT2D eigenvalue weighted by molar-refractivity contribution is 6.30. The highest BCUT2D eigenvalue weighted by atomic mass is 35.5. The summed E-state index contributed by atoms with van der Waals surface area (Å²) in [6.07, 6.45) is 1.67. The highest BCUT2D eigenvalue weighted by Gasteiger charge is 2.14. The number of hydrogen-bond acceptors (Lipinski definition) is 4. The average Bonchev–Trinajstić information content (AvgIpc) is 3.07. The van der Waals surface area contributed by atoms with Crippen LogP contribution in [-0.2, 0) is 0 Å². The minimum atomic E-state index is -0.191. The summed E-state index contributed by atoms with van der Waals surface area (Å²) in [5.41, 5.74) is 4.97. The lowest BCUT2D eigenvalue weighted by Gasteiger charge is -2.11. The second-order valence-electron chi connectivity index (χ2n) is 6.29. The van der Waals surface area contributed by atoms with Gasteiger partial charge in [0.1, 0.15) is 0 Å². The van der Waals surface area contributed by atoms with E-state index < -0.39 is 0 Å². The van der Waals surface area contributed by atoms with Gasteiger partial charge >= 0.3 is 0 Å². The maximum Gasteiger partial charge on any atom is 0.255 e. The predicted octanol–water partition coefficient (Wildman–Crippen LogP) is 5.41. The van der Waals surface area contributed by atoms with Crippen molar-refractivity contribution in [2.45, 2.75) is 13.8 Å². The number of aromatic nitrogens is 2. The molecule has 0 aliphatic heterocycles. The van der Waals surface area contributed by atoms with Crippen LogP contribution in [0.15, 0.2) is 59.1 Å². The highest BCUT2D eigenvalue weighted by Crippen LogP contribution is 2.28. The van der Waals surface area contributed by atoms with Crippen molar-refractivity contribution in [1.82, 2.24) is 9.97 Å². The summed E-state index contributed by atoms with van der Waals surface area (Å²) in [5.74, 6) is 0.269. The van der Waals surface area contributed by atoms with E-state index in [2.05, 4.69) is 15.3 Å². The molecule has 0 atom stereocenters. The molecule has 0 spiro atoms. The number of hydrogen-bond donors (Lipinski definition) is 1. The van der Waals surface area contributed by atoms with E-state index in [9.17, 15) is 4.79 Å². The molecule has 1 amide bonds. The number of carbonyl (C=O) groups excluding carboxylic acids is 1. The standard InChI is InChI=1S/C21H16ClN3O2/c1-12-5-6-14(21-25-19-18(27-21)4-3-9-23-19)11-17(12)24-20(26)16-8-7-15(22)10-13(16)2/h3-11H,1-2H3,(H,24,26). The first-order chi connectivity index (χ1) is 13.0. The summed E-state index contributed by atoms with van der Waals surface area (Å²) in [6, 6.07) is 14.5. The van der Waals surface area contributed by atoms with Crippen molar-refractivity contribution < 1.29 is 9.21 Å². The van der Waals surface area contributed by atoms with Crippen molar-refractivity contribution in [2.24, 2.45) is 0 Å². The van der Waals surface area contributed by atoms with Crippen molar-refractivity contribution in [3.8, 4) is 11.5 Å². The van der Waals surface area contributed by atoms with Gasteiger partial charge in [0.15, 0.2) is 11.2 Å². The lowest BCUT2D eigenvalue weighted by molar-refractivity contribution is 0.102. The maximum absolute atomic E-state index is 12.7. The maximum atomic E-state index is 12.7. The number of halogens is 1. The number of pyridine rings is 1. The Kier molecular flexibility index (Phi) is 4.38. The van der Waals surface area contributed by atoms with Gasteiger partial charge in [0, 0.05) is 28.0 Å². The first kappa shape index (κ1) is 17.2. The van der Waals surface area contributed by atoms with Crippen LogP contribution in [0.4, 0.5) is 5.69 Å². The van der Waals surface area contributed by atoms with Crippen LogP contribution < -0.4 is 5.32 Å². The number of anilines is 1. The van der Waals surface area contributed by atoms with Crippen LogP contribution in [0.2, 0.25) is 5.02 Å². The van der Waals surface area contributed by atoms with Crippen LogP contribution in [0.5, 0.6) is 0 Å². The smallest absolute Gasteiger partial charge is 0.255 e. The SMILES string of the molecule is Cc1ccc(-c2nc3ncccc3o2)cc1NC(=O)c1ccc(Cl)cc1C. The number of amides is 1. The van der Waals surface area contributed by atoms with Crippen LogP contribution in [0, 0.1) is 13.8 Å². The minimum Gasteiger partial charge on any atom is -0.434 e. The molecule has 0 saturated carbocycles. The Morgan fingerprint density at radius 1 is 1.07 bits per heavy atom. The molecule has 134 valence electrons. The van der Waals surface area contributed by atoms with Crippen LogP contribution in [0.25, 0.3) is 22.7 Å². The second kappa shape index (κ2) is 6.85. The average molecular weight is 378 g/mol. The Balaban J connectivity index is 1.67. The van der Waals surface area contributed by atoms with Gasteiger partial charge in [-0.15, -0.1) is 0 Å². The van der Waals surface area contributed by atoms with Gasteiger partial charge in [-0.05, 0) is 67.4 Å². The molecule has 2 aromatic carbocycles. The van der Waals surface area contributed by atoms with E-state index in [0.717, 1.165) is 16.7 Å². The molecule has 0 bridgehead atoms. The van der Waals surface area contributed by atoms with Gasteiger partial charge in [-0.25, -0.2) is 4.98 Å². The fraction of sp³-hybridized carbons (Fsp3) is 0.0952. The summed E-state index contributed by atoms with van der Waals surface area (Å²) in [4.78, 5) is 21.3. The number of nitrogens with one attached hydrogen (secondary N) is 1. The molecule has 0 saturated heterocycles. The van der Waals surface area contributed by atoms with E-state index in [4.69, 9.17) is 16.0 Å². The van der Waals surface area contributed by atoms with Crippen molar-refractivity contribution in [3.63, 3.8) is 0 Å². The first-order valence-electron chi connectivity index (χ1n) is 8.41.